The van der Waals surface area contributed by atoms with Gasteiger partial charge in [0, 0.05) is 0 Å². The van der Waals surface area contributed by atoms with E-state index in [9.17, 15) is 18.1 Å². The van der Waals surface area contributed by atoms with Crippen LogP contribution < -0.4 is 61.2 Å². The molecule has 0 aromatic heterocycles. The van der Waals surface area contributed by atoms with Gasteiger partial charge in [0.05, 0.1) is 0 Å². The number of hydrogen-bond donors (Lipinski definition) is 1. The topological polar surface area (TPSA) is 86.7 Å². The molecule has 2 aromatic carbocycles. The number of unbranched alkanes of at least 4 members (excludes halogenated alkanes) is 3. The molecule has 0 atom stereocenters. The molecule has 0 amide bonds. The van der Waals surface area contributed by atoms with Crippen molar-refractivity contribution >= 4 is 10.1 Å². The van der Waals surface area contributed by atoms with Gasteiger partial charge in [-0.1, -0.05) is 50.5 Å². The van der Waals surface area contributed by atoms with E-state index in [2.05, 4.69) is 6.92 Å². The minimum absolute atomic E-state index is 0. The van der Waals surface area contributed by atoms with Crippen molar-refractivity contribution < 1.29 is 74.2 Å². The predicted octanol–water partition coefficient (Wildman–Crippen LogP) is 0.926. The Kier molecular flexibility index (Phi) is 9.65. The Morgan fingerprint density at radius 3 is 2.36 bits per heavy atom. The maximum Gasteiger partial charge on any atom is 1.00 e. The maximum absolute atomic E-state index is 11.9. The van der Waals surface area contributed by atoms with Crippen LogP contribution >= 0.6 is 0 Å². The van der Waals surface area contributed by atoms with Crippen LogP contribution in [0.25, 0.3) is 0 Å². The molecule has 0 fully saturated rings. The first-order chi connectivity index (χ1) is 11.4. The molecule has 0 unspecified atom stereocenters. The van der Waals surface area contributed by atoms with Crippen LogP contribution in [0.4, 0.5) is 0 Å². The van der Waals surface area contributed by atoms with Crippen LogP contribution in [-0.4, -0.2) is 13.0 Å². The largest absolute Gasteiger partial charge is 1.00 e. The van der Waals surface area contributed by atoms with Gasteiger partial charge in [0.1, 0.15) is 16.4 Å². The Hall–Kier alpha value is -0.414. The average molecular weight is 389 g/mol. The number of ether oxygens (including phenoxy) is 1. The Balaban J connectivity index is 0.00000312. The van der Waals surface area contributed by atoms with Crippen molar-refractivity contribution in [3.63, 3.8) is 0 Å². The van der Waals surface area contributed by atoms with E-state index < -0.39 is 10.1 Å². The van der Waals surface area contributed by atoms with Crippen LogP contribution in [0.1, 0.15) is 38.2 Å². The van der Waals surface area contributed by atoms with E-state index in [-0.39, 0.29) is 67.8 Å². The van der Waals surface area contributed by atoms with Crippen molar-refractivity contribution in [3.8, 4) is 17.2 Å². The molecule has 0 aliphatic rings. The monoisotopic (exact) mass is 388 g/mol. The second-order valence-electron chi connectivity index (χ2n) is 5.61. The zero-order valence-electron chi connectivity index (χ0n) is 14.6. The fraction of sp³-hybridized carbons (Fsp3) is 0.333. The first-order valence-electron chi connectivity index (χ1n) is 7.96. The van der Waals surface area contributed by atoms with Gasteiger partial charge in [-0.15, -0.1) is 5.75 Å². The third kappa shape index (κ3) is 7.01. The van der Waals surface area contributed by atoms with E-state index in [1.54, 1.807) is 30.3 Å². The second-order valence-corrected chi connectivity index (χ2v) is 6.97. The van der Waals surface area contributed by atoms with E-state index in [0.29, 0.717) is 17.7 Å². The van der Waals surface area contributed by atoms with Gasteiger partial charge in [0.2, 0.25) is 0 Å². The van der Waals surface area contributed by atoms with Crippen molar-refractivity contribution in [3.05, 3.63) is 48.0 Å². The van der Waals surface area contributed by atoms with Crippen molar-refractivity contribution in [2.75, 3.05) is 0 Å². The summed E-state index contributed by atoms with van der Waals surface area (Å²) in [6, 6.07) is 10.9. The van der Waals surface area contributed by atoms with E-state index in [1.165, 1.54) is 6.07 Å². The Morgan fingerprint density at radius 1 is 1.08 bits per heavy atom. The average Bonchev–Trinajstić information content (AvgIpc) is 2.51. The Morgan fingerprint density at radius 2 is 1.76 bits per heavy atom. The molecule has 0 saturated heterocycles. The zero-order valence-corrected chi connectivity index (χ0v) is 18.5. The Labute approximate surface area is 191 Å². The van der Waals surface area contributed by atoms with Gasteiger partial charge in [-0.2, -0.15) is 8.42 Å². The molecule has 0 heterocycles. The third-order valence-corrected chi connectivity index (χ3v) is 4.61. The van der Waals surface area contributed by atoms with Gasteiger partial charge in [-0.05, 0) is 36.6 Å². The molecule has 0 bridgehead atoms. The van der Waals surface area contributed by atoms with Crippen molar-refractivity contribution in [1.29, 1.82) is 0 Å². The maximum atomic E-state index is 11.9. The molecule has 25 heavy (non-hydrogen) atoms. The molecule has 2 rings (SSSR count). The fourth-order valence-electron chi connectivity index (χ4n) is 2.54. The van der Waals surface area contributed by atoms with Crippen molar-refractivity contribution in [2.24, 2.45) is 0 Å². The minimum atomic E-state index is -4.51. The SMILES string of the molecule is CCCCCCc1cc([O-])cc(Oc2ccccc2)c1S(=O)(=O)O.[K+]. The number of para-hydroxylation sites is 1. The summed E-state index contributed by atoms with van der Waals surface area (Å²) in [5.74, 6) is -0.0922. The molecular weight excluding hydrogens is 367 g/mol. The molecule has 0 spiro atoms. The number of rotatable bonds is 8. The summed E-state index contributed by atoms with van der Waals surface area (Å²) in [5, 5.41) is 11.9. The first kappa shape index (κ1) is 22.6. The van der Waals surface area contributed by atoms with Crippen molar-refractivity contribution in [1.82, 2.24) is 0 Å². The summed E-state index contributed by atoms with van der Waals surface area (Å²) >= 11 is 0. The molecule has 0 radical (unpaired) electrons. The van der Waals surface area contributed by atoms with Crippen LogP contribution in [0.2, 0.25) is 0 Å². The zero-order chi connectivity index (χ0) is 17.6. The molecule has 0 aliphatic carbocycles. The van der Waals surface area contributed by atoms with Crippen LogP contribution in [0.5, 0.6) is 17.2 Å². The van der Waals surface area contributed by atoms with Crippen LogP contribution in [0.3, 0.4) is 0 Å². The van der Waals surface area contributed by atoms with Gasteiger partial charge in [-0.25, -0.2) is 0 Å². The molecule has 0 saturated carbocycles. The smallest absolute Gasteiger partial charge is 0.872 e. The molecule has 0 aliphatic heterocycles. The predicted molar refractivity (Wildman–Crippen MR) is 90.1 cm³/mol. The van der Waals surface area contributed by atoms with Gasteiger partial charge >= 0.3 is 51.4 Å². The second kappa shape index (κ2) is 10.7. The Bertz CT molecular complexity index is 776. The van der Waals surface area contributed by atoms with Gasteiger partial charge in [0.15, 0.2) is 0 Å². The summed E-state index contributed by atoms with van der Waals surface area (Å²) in [5.41, 5.74) is 0.298. The van der Waals surface area contributed by atoms with Crippen LogP contribution in [0.15, 0.2) is 47.4 Å². The molecule has 5 nitrogen and oxygen atoms in total. The summed E-state index contributed by atoms with van der Waals surface area (Å²) in [4.78, 5) is -0.317. The quantitative estimate of drug-likeness (QED) is 0.413. The van der Waals surface area contributed by atoms with Gasteiger partial charge in [0.25, 0.3) is 10.1 Å². The summed E-state index contributed by atoms with van der Waals surface area (Å²) in [7, 11) is -4.51. The number of hydrogen-bond acceptors (Lipinski definition) is 4. The van der Waals surface area contributed by atoms with Crippen molar-refractivity contribution in [2.45, 2.75) is 43.9 Å². The van der Waals surface area contributed by atoms with Gasteiger partial charge < -0.3 is 9.84 Å². The van der Waals surface area contributed by atoms with E-state index in [4.69, 9.17) is 4.74 Å². The molecule has 7 heteroatoms. The summed E-state index contributed by atoms with van der Waals surface area (Å²) < 4.78 is 38.8. The molecule has 130 valence electrons. The molecule has 1 N–H and O–H groups in total. The van der Waals surface area contributed by atoms with E-state index >= 15 is 0 Å². The van der Waals surface area contributed by atoms with E-state index in [1.807, 2.05) is 0 Å². The molecular formula is C18H21KO5S. The normalized spacial score (nSPS) is 11.0. The van der Waals surface area contributed by atoms with E-state index in [0.717, 1.165) is 31.7 Å². The standard InChI is InChI=1S/C18H22O5S.K/c1-2-3-4-6-9-14-12-15(19)13-17(18(14)24(20,21)22)23-16-10-7-5-8-11-16;/h5,7-8,10-13,19H,2-4,6,9H2,1H3,(H,20,21,22);/q;+1/p-1. The summed E-state index contributed by atoms with van der Waals surface area (Å²) in [6.07, 6.45) is 4.15. The first-order valence-corrected chi connectivity index (χ1v) is 9.40. The van der Waals surface area contributed by atoms with Crippen LogP contribution in [-0.2, 0) is 16.5 Å². The number of benzene rings is 2. The fourth-order valence-corrected chi connectivity index (χ4v) is 3.39. The number of aryl methyl sites for hydroxylation is 1. The third-order valence-electron chi connectivity index (χ3n) is 3.63. The van der Waals surface area contributed by atoms with Crippen LogP contribution in [0, 0.1) is 0 Å². The minimum Gasteiger partial charge on any atom is -0.872 e. The van der Waals surface area contributed by atoms with Gasteiger partial charge in [-0.3, -0.25) is 4.55 Å². The molecule has 2 aromatic rings. The summed E-state index contributed by atoms with van der Waals surface area (Å²) in [6.45, 7) is 2.08.